The first-order valence-corrected chi connectivity index (χ1v) is 10.2. The van der Waals surface area contributed by atoms with Crippen molar-refractivity contribution in [2.75, 3.05) is 13.7 Å². The molecule has 1 amide bonds. The van der Waals surface area contributed by atoms with Gasteiger partial charge < -0.3 is 14.8 Å². The van der Waals surface area contributed by atoms with Gasteiger partial charge in [-0.15, -0.1) is 0 Å². The van der Waals surface area contributed by atoms with Crippen LogP contribution in [0.2, 0.25) is 10.2 Å². The van der Waals surface area contributed by atoms with Crippen molar-refractivity contribution in [3.8, 4) is 11.3 Å². The summed E-state index contributed by atoms with van der Waals surface area (Å²) in [5.41, 5.74) is 1.61. The number of nitrogens with one attached hydrogen (secondary N) is 1. The molecule has 5 nitrogen and oxygen atoms in total. The number of methoxy groups -OCH3 is 1. The lowest BCUT2D eigenvalue weighted by atomic mass is 9.92. The molecule has 0 radical (unpaired) electrons. The van der Waals surface area contributed by atoms with E-state index >= 15 is 0 Å². The zero-order valence-corrected chi connectivity index (χ0v) is 18.5. The Morgan fingerprint density at radius 3 is 2.55 bits per heavy atom. The first-order valence-electron chi connectivity index (χ1n) is 9.42. The van der Waals surface area contributed by atoms with Gasteiger partial charge in [-0.05, 0) is 48.4 Å². The van der Waals surface area contributed by atoms with Crippen molar-refractivity contribution in [2.45, 2.75) is 19.1 Å². The van der Waals surface area contributed by atoms with Gasteiger partial charge in [-0.2, -0.15) is 0 Å². The van der Waals surface area contributed by atoms with Crippen molar-refractivity contribution in [3.63, 3.8) is 0 Å². The Labute approximate surface area is 190 Å². The fourth-order valence-electron chi connectivity index (χ4n) is 3.08. The third kappa shape index (κ3) is 5.94. The zero-order valence-electron chi connectivity index (χ0n) is 17.0. The number of alkyl carbamates (subject to hydrolysis) is 1. The lowest BCUT2D eigenvalue weighted by molar-refractivity contribution is 0.0926. The van der Waals surface area contributed by atoms with Crippen LogP contribution in [0.3, 0.4) is 0 Å². The first-order chi connectivity index (χ1) is 14.8. The molecule has 1 atom stereocenters. The SMILES string of the molecule is COCC(C)(NC(=O)OCc1ccccc1)c1cc(Cl)nc(-c2ccc(F)c(Cl)c2)c1. The van der Waals surface area contributed by atoms with Gasteiger partial charge in [0.1, 0.15) is 17.6 Å². The highest BCUT2D eigenvalue weighted by Crippen LogP contribution is 2.30. The molecule has 3 aromatic rings. The molecule has 1 aromatic heterocycles. The lowest BCUT2D eigenvalue weighted by Crippen LogP contribution is -2.47. The van der Waals surface area contributed by atoms with E-state index in [4.69, 9.17) is 32.7 Å². The molecule has 31 heavy (non-hydrogen) atoms. The number of nitrogens with zero attached hydrogens (tertiary/aromatic N) is 1. The van der Waals surface area contributed by atoms with E-state index in [-0.39, 0.29) is 23.4 Å². The monoisotopic (exact) mass is 462 g/mol. The standard InChI is InChI=1S/C23H21Cl2FN2O3/c1-23(14-30-2,28-22(29)31-13-15-6-4-3-5-7-15)17-11-20(27-21(25)12-17)16-8-9-19(26)18(24)10-16/h3-12H,13-14H2,1-2H3,(H,28,29). The number of hydrogen-bond donors (Lipinski definition) is 1. The van der Waals surface area contributed by atoms with Gasteiger partial charge in [0, 0.05) is 12.7 Å². The van der Waals surface area contributed by atoms with Crippen LogP contribution in [0.1, 0.15) is 18.1 Å². The summed E-state index contributed by atoms with van der Waals surface area (Å²) in [7, 11) is 1.53. The van der Waals surface area contributed by atoms with Crippen molar-refractivity contribution < 1.29 is 18.7 Å². The third-order valence-corrected chi connectivity index (χ3v) is 5.15. The highest BCUT2D eigenvalue weighted by Gasteiger charge is 2.31. The van der Waals surface area contributed by atoms with E-state index in [9.17, 15) is 9.18 Å². The number of hydrogen-bond acceptors (Lipinski definition) is 4. The molecule has 0 spiro atoms. The predicted octanol–water partition coefficient (Wildman–Crippen LogP) is 5.98. The summed E-state index contributed by atoms with van der Waals surface area (Å²) in [5.74, 6) is -0.528. The van der Waals surface area contributed by atoms with Crippen LogP contribution in [-0.4, -0.2) is 24.8 Å². The van der Waals surface area contributed by atoms with E-state index in [1.165, 1.54) is 19.2 Å². The van der Waals surface area contributed by atoms with E-state index in [2.05, 4.69) is 10.3 Å². The Hall–Kier alpha value is -2.67. The van der Waals surface area contributed by atoms with Crippen LogP contribution in [0.4, 0.5) is 9.18 Å². The number of ether oxygens (including phenoxy) is 2. The topological polar surface area (TPSA) is 60.5 Å². The molecule has 0 saturated heterocycles. The Kier molecular flexibility index (Phi) is 7.49. The van der Waals surface area contributed by atoms with Crippen molar-refractivity contribution in [1.82, 2.24) is 10.3 Å². The molecule has 1 N–H and O–H groups in total. The first kappa shape index (κ1) is 23.0. The van der Waals surface area contributed by atoms with Crippen molar-refractivity contribution in [1.29, 1.82) is 0 Å². The fraction of sp³-hybridized carbons (Fsp3) is 0.217. The normalized spacial score (nSPS) is 12.8. The minimum atomic E-state index is -0.965. The average Bonchev–Trinajstić information content (AvgIpc) is 2.74. The van der Waals surface area contributed by atoms with E-state index in [0.717, 1.165) is 5.56 Å². The summed E-state index contributed by atoms with van der Waals surface area (Å²) in [4.78, 5) is 16.8. The van der Waals surface area contributed by atoms with Gasteiger partial charge >= 0.3 is 6.09 Å². The molecule has 0 aliphatic heterocycles. The minimum Gasteiger partial charge on any atom is -0.445 e. The number of aromatic nitrogens is 1. The van der Waals surface area contributed by atoms with Crippen LogP contribution in [0.25, 0.3) is 11.3 Å². The molecule has 0 aliphatic carbocycles. The second kappa shape index (κ2) is 10.1. The maximum Gasteiger partial charge on any atom is 0.408 e. The zero-order chi connectivity index (χ0) is 22.4. The van der Waals surface area contributed by atoms with Gasteiger partial charge in [-0.1, -0.05) is 53.5 Å². The molecule has 0 saturated carbocycles. The summed E-state index contributed by atoms with van der Waals surface area (Å²) in [5, 5.41) is 3.03. The van der Waals surface area contributed by atoms with Gasteiger partial charge in [0.25, 0.3) is 0 Å². The number of amides is 1. The maximum absolute atomic E-state index is 13.5. The van der Waals surface area contributed by atoms with Crippen molar-refractivity contribution in [3.05, 3.63) is 87.8 Å². The summed E-state index contributed by atoms with van der Waals surface area (Å²) in [6.45, 7) is 2.07. The minimum absolute atomic E-state index is 0.0249. The largest absolute Gasteiger partial charge is 0.445 e. The molecular formula is C23H21Cl2FN2O3. The summed E-state index contributed by atoms with van der Waals surface area (Å²) >= 11 is 12.2. The lowest BCUT2D eigenvalue weighted by Gasteiger charge is -2.30. The number of rotatable bonds is 7. The molecule has 1 unspecified atom stereocenters. The Balaban J connectivity index is 1.85. The van der Waals surface area contributed by atoms with Crippen molar-refractivity contribution in [2.24, 2.45) is 0 Å². The number of benzene rings is 2. The van der Waals surface area contributed by atoms with Crippen LogP contribution in [0, 0.1) is 5.82 Å². The third-order valence-electron chi connectivity index (χ3n) is 4.67. The van der Waals surface area contributed by atoms with Gasteiger partial charge in [0.05, 0.1) is 22.9 Å². The molecule has 0 aliphatic rings. The molecular weight excluding hydrogens is 442 g/mol. The average molecular weight is 463 g/mol. The van der Waals surface area contributed by atoms with Crippen LogP contribution >= 0.6 is 23.2 Å². The molecule has 8 heteroatoms. The summed E-state index contributed by atoms with van der Waals surface area (Å²) in [6, 6.07) is 17.0. The van der Waals surface area contributed by atoms with E-state index in [1.807, 2.05) is 30.3 Å². The Morgan fingerprint density at radius 2 is 1.87 bits per heavy atom. The van der Waals surface area contributed by atoms with Crippen LogP contribution in [0.5, 0.6) is 0 Å². The van der Waals surface area contributed by atoms with Crippen LogP contribution < -0.4 is 5.32 Å². The highest BCUT2D eigenvalue weighted by atomic mass is 35.5. The number of carbonyl (C=O) groups excluding carboxylic acids is 1. The van der Waals surface area contributed by atoms with E-state index in [0.29, 0.717) is 16.8 Å². The molecule has 3 rings (SSSR count). The van der Waals surface area contributed by atoms with Gasteiger partial charge in [0.15, 0.2) is 0 Å². The fourth-order valence-corrected chi connectivity index (χ4v) is 3.47. The smallest absolute Gasteiger partial charge is 0.408 e. The second-order valence-electron chi connectivity index (χ2n) is 7.14. The molecule has 162 valence electrons. The van der Waals surface area contributed by atoms with Crippen LogP contribution in [0.15, 0.2) is 60.7 Å². The van der Waals surface area contributed by atoms with Gasteiger partial charge in [0.2, 0.25) is 0 Å². The Morgan fingerprint density at radius 1 is 1.13 bits per heavy atom. The van der Waals surface area contributed by atoms with E-state index < -0.39 is 17.4 Å². The second-order valence-corrected chi connectivity index (χ2v) is 7.94. The molecule has 2 aromatic carbocycles. The number of carbonyl (C=O) groups is 1. The summed E-state index contributed by atoms with van der Waals surface area (Å²) < 4.78 is 24.2. The molecule has 0 fully saturated rings. The van der Waals surface area contributed by atoms with Crippen molar-refractivity contribution >= 4 is 29.3 Å². The highest BCUT2D eigenvalue weighted by molar-refractivity contribution is 6.31. The van der Waals surface area contributed by atoms with Gasteiger partial charge in [-0.3, -0.25) is 0 Å². The quantitative estimate of drug-likeness (QED) is 0.438. The molecule has 0 bridgehead atoms. The molecule has 1 heterocycles. The Bertz CT molecular complexity index is 1070. The number of halogens is 3. The van der Waals surface area contributed by atoms with Crippen LogP contribution in [-0.2, 0) is 21.6 Å². The van der Waals surface area contributed by atoms with Gasteiger partial charge in [-0.25, -0.2) is 14.2 Å². The predicted molar refractivity (Wildman–Crippen MR) is 119 cm³/mol. The number of pyridine rings is 1. The maximum atomic E-state index is 13.5. The van der Waals surface area contributed by atoms with E-state index in [1.54, 1.807) is 25.1 Å². The summed E-state index contributed by atoms with van der Waals surface area (Å²) in [6.07, 6.45) is -0.609.